The van der Waals surface area contributed by atoms with Gasteiger partial charge in [-0.2, -0.15) is 0 Å². The summed E-state index contributed by atoms with van der Waals surface area (Å²) in [5, 5.41) is 1.09. The van der Waals surface area contributed by atoms with Gasteiger partial charge in [-0.15, -0.1) is 0 Å². The zero-order valence-electron chi connectivity index (χ0n) is 11.0. The van der Waals surface area contributed by atoms with Crippen molar-refractivity contribution in [3.05, 3.63) is 69.2 Å². The topological polar surface area (TPSA) is 37.4 Å². The van der Waals surface area contributed by atoms with Crippen LogP contribution in [-0.4, -0.2) is 11.8 Å². The Morgan fingerprint density at radius 3 is 2.14 bits per heavy atom. The van der Waals surface area contributed by atoms with Crippen molar-refractivity contribution in [2.75, 3.05) is 4.90 Å². The molecule has 0 atom stereocenters. The molecule has 0 fully saturated rings. The lowest BCUT2D eigenvalue weighted by Crippen LogP contribution is -2.30. The number of carbonyl (C=O) groups excluding carboxylic acids is 2. The average molecular weight is 353 g/mol. The average Bonchev–Trinajstić information content (AvgIpc) is 2.73. The third-order valence-corrected chi connectivity index (χ3v) is 3.96. The highest BCUT2D eigenvalue weighted by atomic mass is 35.5. The van der Waals surface area contributed by atoms with Crippen molar-refractivity contribution in [3.8, 4) is 0 Å². The number of hydrogen-bond acceptors (Lipinski definition) is 2. The molecule has 3 nitrogen and oxygen atoms in total. The van der Waals surface area contributed by atoms with E-state index in [4.69, 9.17) is 34.8 Å². The Morgan fingerprint density at radius 2 is 1.50 bits per heavy atom. The lowest BCUT2D eigenvalue weighted by atomic mass is 10.1. The third kappa shape index (κ3) is 2.63. The third-order valence-electron chi connectivity index (χ3n) is 3.19. The lowest BCUT2D eigenvalue weighted by Gasteiger charge is -2.16. The molecule has 6 heteroatoms. The predicted octanol–water partition coefficient (Wildman–Crippen LogP) is 4.60. The molecule has 110 valence electrons. The van der Waals surface area contributed by atoms with Crippen LogP contribution in [0.2, 0.25) is 15.1 Å². The van der Waals surface area contributed by atoms with E-state index in [1.165, 1.54) is 24.3 Å². The normalized spacial score (nSPS) is 14.5. The van der Waals surface area contributed by atoms with Crippen molar-refractivity contribution in [1.82, 2.24) is 0 Å². The monoisotopic (exact) mass is 351 g/mol. The van der Waals surface area contributed by atoms with Gasteiger partial charge < -0.3 is 0 Å². The Kier molecular flexibility index (Phi) is 3.96. The summed E-state index contributed by atoms with van der Waals surface area (Å²) in [5.74, 6) is -0.922. The van der Waals surface area contributed by atoms with Crippen LogP contribution in [0.4, 0.5) is 5.69 Å². The molecule has 0 bridgehead atoms. The molecule has 2 amide bonds. The molecule has 0 saturated heterocycles. The van der Waals surface area contributed by atoms with Gasteiger partial charge in [-0.05, 0) is 24.3 Å². The summed E-state index contributed by atoms with van der Waals surface area (Å²) in [7, 11) is 0. The molecule has 1 aliphatic heterocycles. The first-order valence-electron chi connectivity index (χ1n) is 6.28. The highest BCUT2D eigenvalue weighted by Gasteiger charge is 2.34. The summed E-state index contributed by atoms with van der Waals surface area (Å²) in [4.78, 5) is 25.8. The first kappa shape index (κ1) is 15.1. The molecular formula is C16H8Cl3NO2. The van der Waals surface area contributed by atoms with E-state index in [1.807, 2.05) is 0 Å². The molecule has 1 heterocycles. The first-order chi connectivity index (χ1) is 10.5. The second kappa shape index (κ2) is 5.76. The summed E-state index contributed by atoms with van der Waals surface area (Å²) in [6.45, 7) is 0. The number of amides is 2. The number of halogens is 3. The number of hydrogen-bond donors (Lipinski definition) is 0. The van der Waals surface area contributed by atoms with Crippen LogP contribution in [0.5, 0.6) is 0 Å². The fraction of sp³-hybridized carbons (Fsp3) is 0. The molecule has 0 aromatic heterocycles. The molecule has 0 aliphatic carbocycles. The van der Waals surface area contributed by atoms with Gasteiger partial charge in [0.25, 0.3) is 11.8 Å². The number of rotatable bonds is 2. The summed E-state index contributed by atoms with van der Waals surface area (Å²) in [6.07, 6.45) is 1.26. The van der Waals surface area contributed by atoms with Gasteiger partial charge in [0.05, 0.1) is 11.3 Å². The van der Waals surface area contributed by atoms with E-state index in [0.717, 1.165) is 4.90 Å². The molecule has 1 aliphatic rings. The Morgan fingerprint density at radius 1 is 0.864 bits per heavy atom. The van der Waals surface area contributed by atoms with Gasteiger partial charge in [-0.1, -0.05) is 53.0 Å². The smallest absolute Gasteiger partial charge is 0.266 e. The zero-order chi connectivity index (χ0) is 15.9. The van der Waals surface area contributed by atoms with Gasteiger partial charge in [0.1, 0.15) is 0 Å². The Labute approximate surface area is 141 Å². The summed E-state index contributed by atoms with van der Waals surface area (Å²) < 4.78 is 0. The molecule has 22 heavy (non-hydrogen) atoms. The van der Waals surface area contributed by atoms with Crippen molar-refractivity contribution >= 4 is 57.9 Å². The first-order valence-corrected chi connectivity index (χ1v) is 7.42. The highest BCUT2D eigenvalue weighted by molar-refractivity contribution is 6.46. The van der Waals surface area contributed by atoms with Crippen LogP contribution in [0.1, 0.15) is 5.56 Å². The number of carbonyl (C=O) groups is 2. The number of nitrogens with zero attached hydrogens (tertiary/aromatic N) is 1. The molecule has 2 aromatic rings. The molecule has 0 N–H and O–H groups in total. The standard InChI is InChI=1S/C16H8Cl3NO2/c17-9-5-10(18)7-11(6-9)20-15(21)8-13(16(20)22)12-3-1-2-4-14(12)19/h1-8H. The van der Waals surface area contributed by atoms with Crippen LogP contribution in [0.15, 0.2) is 48.5 Å². The fourth-order valence-corrected chi connectivity index (χ4v) is 3.01. The summed E-state index contributed by atoms with van der Waals surface area (Å²) in [5.41, 5.74) is 1.08. The maximum atomic E-state index is 12.6. The van der Waals surface area contributed by atoms with Crippen molar-refractivity contribution in [2.24, 2.45) is 0 Å². The predicted molar refractivity (Wildman–Crippen MR) is 88.4 cm³/mol. The Bertz CT molecular complexity index is 810. The lowest BCUT2D eigenvalue weighted by molar-refractivity contribution is -0.119. The van der Waals surface area contributed by atoms with Crippen LogP contribution in [0.25, 0.3) is 5.57 Å². The molecule has 0 unspecified atom stereocenters. The molecular weight excluding hydrogens is 345 g/mol. The number of imide groups is 1. The number of anilines is 1. The molecule has 0 radical (unpaired) electrons. The molecule has 2 aromatic carbocycles. The van der Waals surface area contributed by atoms with E-state index in [2.05, 4.69) is 0 Å². The van der Waals surface area contributed by atoms with E-state index in [-0.39, 0.29) is 5.57 Å². The van der Waals surface area contributed by atoms with Gasteiger partial charge in [-0.3, -0.25) is 9.59 Å². The van der Waals surface area contributed by atoms with Crippen LogP contribution in [-0.2, 0) is 9.59 Å². The largest absolute Gasteiger partial charge is 0.269 e. The number of benzene rings is 2. The quantitative estimate of drug-likeness (QED) is 0.741. The van der Waals surface area contributed by atoms with Gasteiger partial charge >= 0.3 is 0 Å². The van der Waals surface area contributed by atoms with E-state index in [1.54, 1.807) is 24.3 Å². The maximum absolute atomic E-state index is 12.6. The second-order valence-electron chi connectivity index (χ2n) is 4.64. The van der Waals surface area contributed by atoms with Gasteiger partial charge in [0.2, 0.25) is 0 Å². The van der Waals surface area contributed by atoms with Crippen LogP contribution in [0.3, 0.4) is 0 Å². The van der Waals surface area contributed by atoms with Crippen molar-refractivity contribution in [3.63, 3.8) is 0 Å². The minimum absolute atomic E-state index is 0.242. The van der Waals surface area contributed by atoms with Gasteiger partial charge in [0.15, 0.2) is 0 Å². The summed E-state index contributed by atoms with van der Waals surface area (Å²) in [6, 6.07) is 11.4. The minimum atomic E-state index is -0.462. The summed E-state index contributed by atoms with van der Waals surface area (Å²) >= 11 is 18.0. The maximum Gasteiger partial charge on any atom is 0.266 e. The Hall–Kier alpha value is -1.81. The molecule has 0 spiro atoms. The highest BCUT2D eigenvalue weighted by Crippen LogP contribution is 2.33. The van der Waals surface area contributed by atoms with E-state index in [9.17, 15) is 9.59 Å². The van der Waals surface area contributed by atoms with Crippen LogP contribution >= 0.6 is 34.8 Å². The van der Waals surface area contributed by atoms with Crippen molar-refractivity contribution < 1.29 is 9.59 Å². The Balaban J connectivity index is 2.04. The minimum Gasteiger partial charge on any atom is -0.269 e. The SMILES string of the molecule is O=C1C=C(c2ccccc2Cl)C(=O)N1c1cc(Cl)cc(Cl)c1. The second-order valence-corrected chi connectivity index (χ2v) is 5.92. The van der Waals surface area contributed by atoms with Crippen molar-refractivity contribution in [1.29, 1.82) is 0 Å². The van der Waals surface area contributed by atoms with Gasteiger partial charge in [0, 0.05) is 26.7 Å². The molecule has 3 rings (SSSR count). The van der Waals surface area contributed by atoms with Crippen LogP contribution in [0, 0.1) is 0 Å². The van der Waals surface area contributed by atoms with Gasteiger partial charge in [-0.25, -0.2) is 4.90 Å². The fourth-order valence-electron chi connectivity index (χ4n) is 2.26. The molecule has 0 saturated carbocycles. The van der Waals surface area contributed by atoms with E-state index < -0.39 is 11.8 Å². The van der Waals surface area contributed by atoms with Crippen molar-refractivity contribution in [2.45, 2.75) is 0 Å². The van der Waals surface area contributed by atoms with Crippen LogP contribution < -0.4 is 4.90 Å². The zero-order valence-corrected chi connectivity index (χ0v) is 13.3. The van der Waals surface area contributed by atoms with E-state index in [0.29, 0.717) is 26.3 Å². The van der Waals surface area contributed by atoms with E-state index >= 15 is 0 Å².